The Morgan fingerprint density at radius 2 is 1.74 bits per heavy atom. The van der Waals surface area contributed by atoms with E-state index in [1.807, 2.05) is 0 Å². The lowest BCUT2D eigenvalue weighted by Crippen LogP contribution is -2.15. The van der Waals surface area contributed by atoms with Crippen molar-refractivity contribution in [2.75, 3.05) is 6.54 Å². The zero-order valence-corrected chi connectivity index (χ0v) is 13.3. The zero-order valence-electron chi connectivity index (χ0n) is 13.3. The number of unbranched alkanes of at least 4 members (excludes halogenated alkanes) is 4. The van der Waals surface area contributed by atoms with Crippen molar-refractivity contribution in [2.24, 2.45) is 0 Å². The monoisotopic (exact) mass is 265 g/mol. The molecule has 0 spiro atoms. The summed E-state index contributed by atoms with van der Waals surface area (Å²) in [6.07, 6.45) is 7.81. The van der Waals surface area contributed by atoms with Gasteiger partial charge in [0.05, 0.1) is 5.69 Å². The van der Waals surface area contributed by atoms with Gasteiger partial charge in [-0.15, -0.1) is 0 Å². The number of nitrogens with zero attached hydrogens (tertiary/aromatic N) is 2. The van der Waals surface area contributed by atoms with Crippen LogP contribution >= 0.6 is 0 Å². The highest BCUT2D eigenvalue weighted by Gasteiger charge is 2.10. The normalized spacial score (nSPS) is 11.2. The Balaban J connectivity index is 2.44. The summed E-state index contributed by atoms with van der Waals surface area (Å²) in [5.74, 6) is 0. The fourth-order valence-corrected chi connectivity index (χ4v) is 2.46. The molecule has 0 saturated carbocycles. The maximum absolute atomic E-state index is 4.68. The van der Waals surface area contributed by atoms with Crippen LogP contribution in [0.4, 0.5) is 0 Å². The summed E-state index contributed by atoms with van der Waals surface area (Å²) in [5, 5.41) is 8.16. The number of aryl methyl sites for hydroxylation is 2. The first-order valence-corrected chi connectivity index (χ1v) is 7.94. The predicted octanol–water partition coefficient (Wildman–Crippen LogP) is 3.97. The standard InChI is InChI=1S/C16H31N3/c1-5-7-8-9-10-12-19-15(4)16(14(3)18-19)13-17-11-6-2/h17H,5-13H2,1-4H3. The maximum Gasteiger partial charge on any atom is 0.0641 e. The predicted molar refractivity (Wildman–Crippen MR) is 82.5 cm³/mol. The Labute approximate surface area is 118 Å². The fourth-order valence-electron chi connectivity index (χ4n) is 2.46. The van der Waals surface area contributed by atoms with E-state index in [9.17, 15) is 0 Å². The number of hydrogen-bond acceptors (Lipinski definition) is 2. The minimum Gasteiger partial charge on any atom is -0.313 e. The lowest BCUT2D eigenvalue weighted by Gasteiger charge is -2.06. The molecule has 0 aliphatic carbocycles. The summed E-state index contributed by atoms with van der Waals surface area (Å²) in [6.45, 7) is 11.9. The summed E-state index contributed by atoms with van der Waals surface area (Å²) in [6, 6.07) is 0. The number of nitrogens with one attached hydrogen (secondary N) is 1. The van der Waals surface area contributed by atoms with Crippen LogP contribution in [0.3, 0.4) is 0 Å². The lowest BCUT2D eigenvalue weighted by atomic mass is 10.1. The van der Waals surface area contributed by atoms with Gasteiger partial charge in [-0.3, -0.25) is 4.68 Å². The first-order valence-electron chi connectivity index (χ1n) is 7.94. The third-order valence-corrected chi connectivity index (χ3v) is 3.73. The van der Waals surface area contributed by atoms with E-state index in [-0.39, 0.29) is 0 Å². The van der Waals surface area contributed by atoms with Gasteiger partial charge < -0.3 is 5.32 Å². The third-order valence-electron chi connectivity index (χ3n) is 3.73. The first kappa shape index (κ1) is 16.2. The van der Waals surface area contributed by atoms with Crippen LogP contribution in [0.15, 0.2) is 0 Å². The molecular weight excluding hydrogens is 234 g/mol. The van der Waals surface area contributed by atoms with Crippen LogP contribution in [0.1, 0.15) is 69.3 Å². The van der Waals surface area contributed by atoms with E-state index in [0.29, 0.717) is 0 Å². The van der Waals surface area contributed by atoms with Gasteiger partial charge in [0, 0.05) is 24.3 Å². The van der Waals surface area contributed by atoms with Crippen LogP contribution in [-0.4, -0.2) is 16.3 Å². The minimum atomic E-state index is 0.960. The van der Waals surface area contributed by atoms with Gasteiger partial charge in [0.1, 0.15) is 0 Å². The summed E-state index contributed by atoms with van der Waals surface area (Å²) >= 11 is 0. The van der Waals surface area contributed by atoms with E-state index in [1.165, 1.54) is 55.5 Å². The zero-order chi connectivity index (χ0) is 14.1. The molecule has 0 atom stereocenters. The molecule has 1 heterocycles. The SMILES string of the molecule is CCCCCCCn1nc(C)c(CNCCC)c1C. The average molecular weight is 265 g/mol. The summed E-state index contributed by atoms with van der Waals surface area (Å²) in [7, 11) is 0. The Morgan fingerprint density at radius 3 is 2.42 bits per heavy atom. The van der Waals surface area contributed by atoms with Crippen molar-refractivity contribution in [2.45, 2.75) is 79.3 Å². The molecule has 0 aliphatic rings. The van der Waals surface area contributed by atoms with Gasteiger partial charge in [-0.05, 0) is 33.2 Å². The summed E-state index contributed by atoms with van der Waals surface area (Å²) in [4.78, 5) is 0. The lowest BCUT2D eigenvalue weighted by molar-refractivity contribution is 0.522. The van der Waals surface area contributed by atoms with E-state index < -0.39 is 0 Å². The Morgan fingerprint density at radius 1 is 1.00 bits per heavy atom. The van der Waals surface area contributed by atoms with Gasteiger partial charge in [0.25, 0.3) is 0 Å². The summed E-state index contributed by atoms with van der Waals surface area (Å²) < 4.78 is 2.20. The molecule has 0 bridgehead atoms. The number of hydrogen-bond donors (Lipinski definition) is 1. The van der Waals surface area contributed by atoms with Crippen LogP contribution in [0.25, 0.3) is 0 Å². The van der Waals surface area contributed by atoms with Crippen LogP contribution in [0, 0.1) is 13.8 Å². The molecule has 1 aromatic rings. The van der Waals surface area contributed by atoms with Gasteiger partial charge in [0.15, 0.2) is 0 Å². The highest BCUT2D eigenvalue weighted by atomic mass is 15.3. The molecule has 0 aromatic carbocycles. The average Bonchev–Trinajstić information content (AvgIpc) is 2.66. The molecule has 0 unspecified atom stereocenters. The van der Waals surface area contributed by atoms with Gasteiger partial charge in [-0.1, -0.05) is 39.5 Å². The molecule has 19 heavy (non-hydrogen) atoms. The highest BCUT2D eigenvalue weighted by Crippen LogP contribution is 2.14. The van der Waals surface area contributed by atoms with Crippen molar-refractivity contribution < 1.29 is 0 Å². The van der Waals surface area contributed by atoms with Crippen LogP contribution in [-0.2, 0) is 13.1 Å². The molecule has 1 N–H and O–H groups in total. The van der Waals surface area contributed by atoms with E-state index >= 15 is 0 Å². The topological polar surface area (TPSA) is 29.9 Å². The van der Waals surface area contributed by atoms with Gasteiger partial charge in [-0.25, -0.2) is 0 Å². The van der Waals surface area contributed by atoms with E-state index in [0.717, 1.165) is 19.6 Å². The molecule has 0 saturated heterocycles. The number of rotatable bonds is 10. The van der Waals surface area contributed by atoms with Gasteiger partial charge in [0.2, 0.25) is 0 Å². The second kappa shape index (κ2) is 9.13. The van der Waals surface area contributed by atoms with Crippen molar-refractivity contribution in [3.05, 3.63) is 17.0 Å². The van der Waals surface area contributed by atoms with E-state index in [1.54, 1.807) is 0 Å². The highest BCUT2D eigenvalue weighted by molar-refractivity contribution is 5.24. The van der Waals surface area contributed by atoms with Gasteiger partial charge >= 0.3 is 0 Å². The molecule has 3 heteroatoms. The van der Waals surface area contributed by atoms with Gasteiger partial charge in [-0.2, -0.15) is 5.10 Å². The first-order chi connectivity index (χ1) is 9.20. The van der Waals surface area contributed by atoms with Crippen molar-refractivity contribution >= 4 is 0 Å². The largest absolute Gasteiger partial charge is 0.313 e. The molecule has 3 nitrogen and oxygen atoms in total. The molecule has 1 rings (SSSR count). The van der Waals surface area contributed by atoms with Crippen LogP contribution in [0.5, 0.6) is 0 Å². The minimum absolute atomic E-state index is 0.960. The fraction of sp³-hybridized carbons (Fsp3) is 0.812. The van der Waals surface area contributed by atoms with E-state index in [2.05, 4.69) is 42.8 Å². The van der Waals surface area contributed by atoms with Crippen molar-refractivity contribution in [3.8, 4) is 0 Å². The van der Waals surface area contributed by atoms with Crippen molar-refractivity contribution in [1.29, 1.82) is 0 Å². The Bertz CT molecular complexity index is 355. The molecule has 0 radical (unpaired) electrons. The van der Waals surface area contributed by atoms with Crippen molar-refractivity contribution in [3.63, 3.8) is 0 Å². The molecule has 0 fully saturated rings. The van der Waals surface area contributed by atoms with Crippen LogP contribution in [0.2, 0.25) is 0 Å². The molecule has 0 amide bonds. The second-order valence-corrected chi connectivity index (χ2v) is 5.46. The molecule has 1 aromatic heterocycles. The molecular formula is C16H31N3. The smallest absolute Gasteiger partial charge is 0.0641 e. The molecule has 0 aliphatic heterocycles. The van der Waals surface area contributed by atoms with Crippen molar-refractivity contribution in [1.82, 2.24) is 15.1 Å². The Hall–Kier alpha value is -0.830. The maximum atomic E-state index is 4.68. The third kappa shape index (κ3) is 5.35. The molecule has 110 valence electrons. The van der Waals surface area contributed by atoms with E-state index in [4.69, 9.17) is 0 Å². The number of aromatic nitrogens is 2. The van der Waals surface area contributed by atoms with Crippen LogP contribution < -0.4 is 5.32 Å². The Kier molecular flexibility index (Phi) is 7.80. The second-order valence-electron chi connectivity index (χ2n) is 5.46. The quantitative estimate of drug-likeness (QED) is 0.649. The summed E-state index contributed by atoms with van der Waals surface area (Å²) in [5.41, 5.74) is 3.92.